The molecule has 2 unspecified atom stereocenters. The van der Waals surface area contributed by atoms with E-state index < -0.39 is 0 Å². The molecule has 0 aliphatic carbocycles. The highest BCUT2D eigenvalue weighted by molar-refractivity contribution is 8.01. The molecule has 1 heterocycles. The summed E-state index contributed by atoms with van der Waals surface area (Å²) in [6.45, 7) is 2.42. The standard InChI is InChI=1S/C6H10OS/c1-5-2-3-6(4-7)8-5/h2-3,5-7H,4H2,1H3. The third kappa shape index (κ3) is 1.26. The van der Waals surface area contributed by atoms with Crippen LogP contribution in [-0.2, 0) is 0 Å². The molecule has 0 spiro atoms. The molecule has 0 saturated heterocycles. The molecule has 0 amide bonds. The highest BCUT2D eigenvalue weighted by atomic mass is 32.2. The Labute approximate surface area is 53.8 Å². The van der Waals surface area contributed by atoms with Crippen LogP contribution in [0.25, 0.3) is 0 Å². The van der Waals surface area contributed by atoms with Crippen LogP contribution in [0.3, 0.4) is 0 Å². The lowest BCUT2D eigenvalue weighted by atomic mass is 10.3. The number of thioether (sulfide) groups is 1. The van der Waals surface area contributed by atoms with Gasteiger partial charge in [0.25, 0.3) is 0 Å². The molecule has 0 fully saturated rings. The number of hydrogen-bond acceptors (Lipinski definition) is 2. The molecular formula is C6H10OS. The zero-order chi connectivity index (χ0) is 5.98. The topological polar surface area (TPSA) is 20.2 Å². The number of hydrogen-bond donors (Lipinski definition) is 1. The van der Waals surface area contributed by atoms with Crippen molar-refractivity contribution in [2.75, 3.05) is 6.61 Å². The van der Waals surface area contributed by atoms with E-state index in [4.69, 9.17) is 5.11 Å². The summed E-state index contributed by atoms with van der Waals surface area (Å²) < 4.78 is 0. The summed E-state index contributed by atoms with van der Waals surface area (Å²) in [5.74, 6) is 0. The summed E-state index contributed by atoms with van der Waals surface area (Å²) in [5, 5.41) is 9.58. The van der Waals surface area contributed by atoms with Gasteiger partial charge in [0.15, 0.2) is 0 Å². The maximum Gasteiger partial charge on any atom is 0.0585 e. The quantitative estimate of drug-likeness (QED) is 0.535. The SMILES string of the molecule is CC1C=CC(CO)S1. The second kappa shape index (κ2) is 2.55. The molecule has 0 aromatic rings. The monoisotopic (exact) mass is 130 g/mol. The van der Waals surface area contributed by atoms with Gasteiger partial charge in [-0.15, -0.1) is 11.8 Å². The molecule has 2 atom stereocenters. The lowest BCUT2D eigenvalue weighted by Crippen LogP contribution is -2.01. The minimum Gasteiger partial charge on any atom is -0.395 e. The minimum atomic E-state index is 0.283. The molecule has 2 heteroatoms. The fraction of sp³-hybridized carbons (Fsp3) is 0.667. The van der Waals surface area contributed by atoms with Crippen molar-refractivity contribution in [3.63, 3.8) is 0 Å². The Kier molecular flexibility index (Phi) is 1.97. The molecule has 0 saturated carbocycles. The third-order valence-corrected chi connectivity index (χ3v) is 2.41. The van der Waals surface area contributed by atoms with Gasteiger partial charge in [0, 0.05) is 10.5 Å². The van der Waals surface area contributed by atoms with Gasteiger partial charge < -0.3 is 5.11 Å². The van der Waals surface area contributed by atoms with E-state index in [9.17, 15) is 0 Å². The smallest absolute Gasteiger partial charge is 0.0585 e. The summed E-state index contributed by atoms with van der Waals surface area (Å²) >= 11 is 1.80. The average molecular weight is 130 g/mol. The van der Waals surface area contributed by atoms with Gasteiger partial charge in [0.2, 0.25) is 0 Å². The number of rotatable bonds is 1. The van der Waals surface area contributed by atoms with Crippen LogP contribution in [-0.4, -0.2) is 22.2 Å². The number of aliphatic hydroxyl groups excluding tert-OH is 1. The van der Waals surface area contributed by atoms with E-state index in [1.807, 2.05) is 0 Å². The van der Waals surface area contributed by atoms with Crippen LogP contribution < -0.4 is 0 Å². The molecule has 1 aliphatic rings. The number of aliphatic hydroxyl groups is 1. The second-order valence-electron chi connectivity index (χ2n) is 1.95. The van der Waals surface area contributed by atoms with Gasteiger partial charge in [-0.3, -0.25) is 0 Å². The second-order valence-corrected chi connectivity index (χ2v) is 3.57. The van der Waals surface area contributed by atoms with Crippen molar-refractivity contribution in [3.05, 3.63) is 12.2 Å². The highest BCUT2D eigenvalue weighted by Crippen LogP contribution is 2.25. The molecule has 0 aromatic carbocycles. The van der Waals surface area contributed by atoms with E-state index in [0.717, 1.165) is 0 Å². The lowest BCUT2D eigenvalue weighted by molar-refractivity contribution is 0.307. The average Bonchev–Trinajstić information content (AvgIpc) is 2.14. The first-order chi connectivity index (χ1) is 3.83. The maximum absolute atomic E-state index is 8.61. The fourth-order valence-corrected chi connectivity index (χ4v) is 1.75. The summed E-state index contributed by atoms with van der Waals surface area (Å²) in [6.07, 6.45) is 4.20. The largest absolute Gasteiger partial charge is 0.395 e. The van der Waals surface area contributed by atoms with Crippen LogP contribution in [0.5, 0.6) is 0 Å². The molecular weight excluding hydrogens is 120 g/mol. The predicted molar refractivity (Wildman–Crippen MR) is 37.1 cm³/mol. The van der Waals surface area contributed by atoms with Crippen molar-refractivity contribution in [2.45, 2.75) is 17.4 Å². The van der Waals surface area contributed by atoms with Crippen LogP contribution in [0.2, 0.25) is 0 Å². The van der Waals surface area contributed by atoms with Gasteiger partial charge in [0.05, 0.1) is 6.61 Å². The zero-order valence-corrected chi connectivity index (χ0v) is 5.69. The van der Waals surface area contributed by atoms with Crippen LogP contribution in [0.4, 0.5) is 0 Å². The van der Waals surface area contributed by atoms with Crippen LogP contribution >= 0.6 is 11.8 Å². The summed E-state index contributed by atoms with van der Waals surface area (Å²) in [6, 6.07) is 0. The van der Waals surface area contributed by atoms with Gasteiger partial charge in [0.1, 0.15) is 0 Å². The highest BCUT2D eigenvalue weighted by Gasteiger charge is 2.13. The molecule has 1 rings (SSSR count). The van der Waals surface area contributed by atoms with Crippen molar-refractivity contribution in [1.29, 1.82) is 0 Å². The van der Waals surface area contributed by atoms with E-state index >= 15 is 0 Å². The first kappa shape index (κ1) is 6.17. The van der Waals surface area contributed by atoms with E-state index in [2.05, 4.69) is 19.1 Å². The van der Waals surface area contributed by atoms with E-state index in [1.54, 1.807) is 11.8 Å². The summed E-state index contributed by atoms with van der Waals surface area (Å²) in [5.41, 5.74) is 0. The Morgan fingerprint density at radius 2 is 2.38 bits per heavy atom. The van der Waals surface area contributed by atoms with Gasteiger partial charge in [-0.25, -0.2) is 0 Å². The molecule has 1 aliphatic heterocycles. The van der Waals surface area contributed by atoms with Crippen LogP contribution in [0, 0.1) is 0 Å². The summed E-state index contributed by atoms with van der Waals surface area (Å²) in [4.78, 5) is 0. The molecule has 0 radical (unpaired) electrons. The van der Waals surface area contributed by atoms with Crippen molar-refractivity contribution in [1.82, 2.24) is 0 Å². The van der Waals surface area contributed by atoms with Gasteiger partial charge >= 0.3 is 0 Å². The Morgan fingerprint density at radius 1 is 1.62 bits per heavy atom. The maximum atomic E-state index is 8.61. The molecule has 0 bridgehead atoms. The van der Waals surface area contributed by atoms with Crippen molar-refractivity contribution in [2.24, 2.45) is 0 Å². The fourth-order valence-electron chi connectivity index (χ4n) is 0.751. The molecule has 46 valence electrons. The zero-order valence-electron chi connectivity index (χ0n) is 4.87. The third-order valence-electron chi connectivity index (χ3n) is 1.17. The molecule has 0 aromatic heterocycles. The first-order valence-electron chi connectivity index (χ1n) is 2.77. The van der Waals surface area contributed by atoms with Crippen molar-refractivity contribution >= 4 is 11.8 Å². The van der Waals surface area contributed by atoms with Gasteiger partial charge in [-0.1, -0.05) is 12.2 Å². The van der Waals surface area contributed by atoms with Gasteiger partial charge in [-0.2, -0.15) is 0 Å². The summed E-state index contributed by atoms with van der Waals surface area (Å²) in [7, 11) is 0. The Bertz CT molecular complexity index is 101. The predicted octanol–water partition coefficient (Wildman–Crippen LogP) is 1.04. The van der Waals surface area contributed by atoms with E-state index in [0.29, 0.717) is 10.5 Å². The molecule has 1 nitrogen and oxygen atoms in total. The van der Waals surface area contributed by atoms with E-state index in [1.165, 1.54) is 0 Å². The van der Waals surface area contributed by atoms with Gasteiger partial charge in [-0.05, 0) is 6.92 Å². The van der Waals surface area contributed by atoms with Crippen LogP contribution in [0.1, 0.15) is 6.92 Å². The van der Waals surface area contributed by atoms with Crippen molar-refractivity contribution in [3.8, 4) is 0 Å². The molecule has 8 heavy (non-hydrogen) atoms. The van der Waals surface area contributed by atoms with Crippen molar-refractivity contribution < 1.29 is 5.11 Å². The van der Waals surface area contributed by atoms with Crippen LogP contribution in [0.15, 0.2) is 12.2 Å². The lowest BCUT2D eigenvalue weighted by Gasteiger charge is -2.02. The minimum absolute atomic E-state index is 0.283. The Hall–Kier alpha value is 0.0500. The Balaban J connectivity index is 2.34. The van der Waals surface area contributed by atoms with E-state index in [-0.39, 0.29) is 6.61 Å². The Morgan fingerprint density at radius 3 is 2.62 bits per heavy atom. The molecule has 1 N–H and O–H groups in total. The normalized spacial score (nSPS) is 36.2. The first-order valence-corrected chi connectivity index (χ1v) is 3.72.